The van der Waals surface area contributed by atoms with Crippen LogP contribution in [0.3, 0.4) is 0 Å². The van der Waals surface area contributed by atoms with Crippen molar-refractivity contribution < 1.29 is 24.4 Å². The maximum Gasteiger partial charge on any atom is 0.119 e. The van der Waals surface area contributed by atoms with E-state index in [1.807, 2.05) is 60.5 Å². The molecule has 6 heteroatoms. The lowest BCUT2D eigenvalue weighted by Gasteiger charge is -2.21. The van der Waals surface area contributed by atoms with Crippen LogP contribution in [-0.2, 0) is 6.54 Å². The molecule has 0 fully saturated rings. The Morgan fingerprint density at radius 3 is 2.15 bits per heavy atom. The molecule has 2 aromatic carbocycles. The highest BCUT2D eigenvalue weighted by molar-refractivity contribution is 5.31. The van der Waals surface area contributed by atoms with Gasteiger partial charge in [-0.3, -0.25) is 4.90 Å². The molecule has 27 heavy (non-hydrogen) atoms. The quantitative estimate of drug-likeness (QED) is 0.555. The molecular weight excluding hydrogens is 346 g/mol. The largest absolute Gasteiger partial charge is 0.497 e. The number of nitrogens with zero attached hydrogens (tertiary/aromatic N) is 1. The monoisotopic (exact) mass is 375 g/mol. The standard InChI is InChI=1S/C21H29NO5/c1-22(14-17-4-6-20(7-5-17)26-13-3-12-23)15-18(24)16-27-21-10-8-19(25-2)9-11-21/h4-11,18,23-24H,3,12-16H2,1-2H3. The minimum Gasteiger partial charge on any atom is -0.497 e. The Morgan fingerprint density at radius 1 is 0.926 bits per heavy atom. The molecule has 0 heterocycles. The lowest BCUT2D eigenvalue weighted by molar-refractivity contribution is 0.0743. The normalized spacial score (nSPS) is 12.0. The summed E-state index contributed by atoms with van der Waals surface area (Å²) in [5, 5.41) is 19.0. The number of rotatable bonds is 12. The predicted octanol–water partition coefficient (Wildman–Crippen LogP) is 2.33. The Kier molecular flexibility index (Phi) is 8.91. The highest BCUT2D eigenvalue weighted by Crippen LogP contribution is 2.17. The molecule has 0 amide bonds. The molecule has 0 aliphatic rings. The van der Waals surface area contributed by atoms with Crippen LogP contribution in [0.5, 0.6) is 17.2 Å². The summed E-state index contributed by atoms with van der Waals surface area (Å²) in [6.45, 7) is 2.10. The zero-order valence-electron chi connectivity index (χ0n) is 16.0. The fraction of sp³-hybridized carbons (Fsp3) is 0.429. The van der Waals surface area contributed by atoms with Crippen molar-refractivity contribution >= 4 is 0 Å². The van der Waals surface area contributed by atoms with Gasteiger partial charge in [0.2, 0.25) is 0 Å². The summed E-state index contributed by atoms with van der Waals surface area (Å²) in [4.78, 5) is 2.05. The van der Waals surface area contributed by atoms with E-state index in [1.54, 1.807) is 7.11 Å². The Bertz CT molecular complexity index is 645. The van der Waals surface area contributed by atoms with Gasteiger partial charge < -0.3 is 24.4 Å². The first-order chi connectivity index (χ1) is 13.1. The summed E-state index contributed by atoms with van der Waals surface area (Å²) in [6, 6.07) is 15.1. The molecule has 148 valence electrons. The highest BCUT2D eigenvalue weighted by Gasteiger charge is 2.10. The van der Waals surface area contributed by atoms with Gasteiger partial charge in [-0.1, -0.05) is 12.1 Å². The zero-order chi connectivity index (χ0) is 19.5. The second-order valence-electron chi connectivity index (χ2n) is 6.41. The van der Waals surface area contributed by atoms with Gasteiger partial charge in [0.05, 0.1) is 13.7 Å². The van der Waals surface area contributed by atoms with Gasteiger partial charge in [-0.2, -0.15) is 0 Å². The van der Waals surface area contributed by atoms with Crippen LogP contribution in [0, 0.1) is 0 Å². The van der Waals surface area contributed by atoms with Crippen LogP contribution in [0.25, 0.3) is 0 Å². The van der Waals surface area contributed by atoms with Crippen LogP contribution < -0.4 is 14.2 Å². The van der Waals surface area contributed by atoms with Crippen molar-refractivity contribution in [1.29, 1.82) is 0 Å². The van der Waals surface area contributed by atoms with Gasteiger partial charge in [0.15, 0.2) is 0 Å². The molecule has 2 rings (SSSR count). The molecule has 0 aliphatic carbocycles. The molecule has 2 N–H and O–H groups in total. The van der Waals surface area contributed by atoms with Gasteiger partial charge in [-0.15, -0.1) is 0 Å². The summed E-state index contributed by atoms with van der Waals surface area (Å²) in [5.41, 5.74) is 1.13. The van der Waals surface area contributed by atoms with Crippen molar-refractivity contribution in [2.45, 2.75) is 19.1 Å². The van der Waals surface area contributed by atoms with Gasteiger partial charge >= 0.3 is 0 Å². The average Bonchev–Trinajstić information content (AvgIpc) is 2.68. The molecule has 2 aromatic rings. The highest BCUT2D eigenvalue weighted by atomic mass is 16.5. The number of hydrogen-bond donors (Lipinski definition) is 2. The van der Waals surface area contributed by atoms with Gasteiger partial charge in [-0.25, -0.2) is 0 Å². The Balaban J connectivity index is 1.71. The van der Waals surface area contributed by atoms with Crippen molar-refractivity contribution in [3.8, 4) is 17.2 Å². The van der Waals surface area contributed by atoms with Crippen molar-refractivity contribution in [2.24, 2.45) is 0 Å². The summed E-state index contributed by atoms with van der Waals surface area (Å²) < 4.78 is 16.2. The van der Waals surface area contributed by atoms with Crippen LogP contribution >= 0.6 is 0 Å². The smallest absolute Gasteiger partial charge is 0.119 e. The number of likely N-dealkylation sites (N-methyl/N-ethyl adjacent to an activating group) is 1. The second-order valence-corrected chi connectivity index (χ2v) is 6.41. The topological polar surface area (TPSA) is 71.4 Å². The third kappa shape index (κ3) is 7.86. The number of hydrogen-bond acceptors (Lipinski definition) is 6. The molecule has 1 atom stereocenters. The number of methoxy groups -OCH3 is 1. The molecule has 0 saturated carbocycles. The van der Waals surface area contributed by atoms with E-state index in [-0.39, 0.29) is 13.2 Å². The van der Waals surface area contributed by atoms with Crippen LogP contribution in [0.15, 0.2) is 48.5 Å². The average molecular weight is 375 g/mol. The molecule has 0 spiro atoms. The number of aliphatic hydroxyl groups excluding tert-OH is 2. The first-order valence-corrected chi connectivity index (χ1v) is 9.06. The van der Waals surface area contributed by atoms with Gasteiger partial charge in [0, 0.05) is 26.1 Å². The van der Waals surface area contributed by atoms with Crippen LogP contribution in [0.1, 0.15) is 12.0 Å². The van der Waals surface area contributed by atoms with E-state index >= 15 is 0 Å². The molecule has 0 aliphatic heterocycles. The van der Waals surface area contributed by atoms with Gasteiger partial charge in [-0.05, 0) is 49.0 Å². The molecule has 0 bridgehead atoms. The third-order valence-electron chi connectivity index (χ3n) is 3.97. The van der Waals surface area contributed by atoms with E-state index in [1.165, 1.54) is 0 Å². The van der Waals surface area contributed by atoms with Crippen LogP contribution in [0.2, 0.25) is 0 Å². The first-order valence-electron chi connectivity index (χ1n) is 9.06. The lowest BCUT2D eigenvalue weighted by Crippen LogP contribution is -2.32. The van der Waals surface area contributed by atoms with Crippen LogP contribution in [0.4, 0.5) is 0 Å². The van der Waals surface area contributed by atoms with E-state index in [0.717, 1.165) is 23.6 Å². The molecule has 1 unspecified atom stereocenters. The minimum atomic E-state index is -0.585. The van der Waals surface area contributed by atoms with Crippen LogP contribution in [-0.4, -0.2) is 61.7 Å². The fourth-order valence-electron chi connectivity index (χ4n) is 2.60. The van der Waals surface area contributed by atoms with Crippen molar-refractivity contribution in [3.63, 3.8) is 0 Å². The Morgan fingerprint density at radius 2 is 1.52 bits per heavy atom. The maximum absolute atomic E-state index is 10.2. The molecule has 0 aromatic heterocycles. The van der Waals surface area contributed by atoms with E-state index in [0.29, 0.717) is 25.3 Å². The fourth-order valence-corrected chi connectivity index (χ4v) is 2.60. The van der Waals surface area contributed by atoms with E-state index < -0.39 is 6.10 Å². The van der Waals surface area contributed by atoms with Gasteiger partial charge in [0.1, 0.15) is 30.0 Å². The predicted molar refractivity (Wildman–Crippen MR) is 104 cm³/mol. The second kappa shape index (κ2) is 11.4. The van der Waals surface area contributed by atoms with Crippen molar-refractivity contribution in [1.82, 2.24) is 4.90 Å². The lowest BCUT2D eigenvalue weighted by atomic mass is 10.2. The van der Waals surface area contributed by atoms with Crippen molar-refractivity contribution in [3.05, 3.63) is 54.1 Å². The van der Waals surface area contributed by atoms with Crippen molar-refractivity contribution in [2.75, 3.05) is 40.5 Å². The number of aliphatic hydroxyl groups is 2. The summed E-state index contributed by atoms with van der Waals surface area (Å²) in [5.74, 6) is 2.27. The maximum atomic E-state index is 10.2. The zero-order valence-corrected chi connectivity index (χ0v) is 16.0. The summed E-state index contributed by atoms with van der Waals surface area (Å²) >= 11 is 0. The number of benzene rings is 2. The summed E-state index contributed by atoms with van der Waals surface area (Å²) in [7, 11) is 3.58. The Labute approximate surface area is 160 Å². The number of ether oxygens (including phenoxy) is 3. The van der Waals surface area contributed by atoms with Gasteiger partial charge in [0.25, 0.3) is 0 Å². The Hall–Kier alpha value is -2.28. The molecule has 0 radical (unpaired) electrons. The van der Waals surface area contributed by atoms with E-state index in [9.17, 15) is 5.11 Å². The molecule has 6 nitrogen and oxygen atoms in total. The first kappa shape index (κ1) is 21.0. The molecular formula is C21H29NO5. The third-order valence-corrected chi connectivity index (χ3v) is 3.97. The SMILES string of the molecule is COc1ccc(OCC(O)CN(C)Cc2ccc(OCCCO)cc2)cc1. The minimum absolute atomic E-state index is 0.132. The molecule has 0 saturated heterocycles. The summed E-state index contributed by atoms with van der Waals surface area (Å²) in [6.07, 6.45) is 0.0410. The van der Waals surface area contributed by atoms with E-state index in [4.69, 9.17) is 19.3 Å². The van der Waals surface area contributed by atoms with E-state index in [2.05, 4.69) is 0 Å².